The highest BCUT2D eigenvalue weighted by Crippen LogP contribution is 2.21. The maximum Gasteiger partial charge on any atom is 0.225 e. The molecule has 23 heavy (non-hydrogen) atoms. The molecule has 0 aliphatic carbocycles. The van der Waals surface area contributed by atoms with Gasteiger partial charge >= 0.3 is 0 Å². The minimum atomic E-state index is -0.266. The molecule has 0 saturated carbocycles. The van der Waals surface area contributed by atoms with Crippen LogP contribution in [0.5, 0.6) is 0 Å². The van der Waals surface area contributed by atoms with Gasteiger partial charge in [0.25, 0.3) is 0 Å². The molecule has 1 aliphatic heterocycles. The van der Waals surface area contributed by atoms with Crippen LogP contribution in [0.25, 0.3) is 0 Å². The third-order valence-electron chi connectivity index (χ3n) is 4.36. The Balaban J connectivity index is 1.85. The SMILES string of the molecule is CC(C)C(=O)N1CCN(C(=O)CC(C)c2ccc(F)cc2)CC1. The molecule has 1 aromatic rings. The number of rotatable bonds is 4. The summed E-state index contributed by atoms with van der Waals surface area (Å²) in [6.45, 7) is 8.15. The molecule has 1 fully saturated rings. The second kappa shape index (κ2) is 7.57. The summed E-state index contributed by atoms with van der Waals surface area (Å²) in [7, 11) is 0. The van der Waals surface area contributed by atoms with Crippen LogP contribution in [0, 0.1) is 11.7 Å². The molecule has 1 aliphatic rings. The number of halogens is 1. The molecule has 1 unspecified atom stereocenters. The molecule has 1 aromatic carbocycles. The van der Waals surface area contributed by atoms with Crippen LogP contribution in [-0.2, 0) is 9.59 Å². The number of carbonyl (C=O) groups excluding carboxylic acids is 2. The van der Waals surface area contributed by atoms with E-state index in [-0.39, 0.29) is 29.5 Å². The first-order valence-corrected chi connectivity index (χ1v) is 8.20. The van der Waals surface area contributed by atoms with Crippen molar-refractivity contribution in [3.05, 3.63) is 35.6 Å². The maximum absolute atomic E-state index is 13.0. The van der Waals surface area contributed by atoms with Crippen molar-refractivity contribution in [1.82, 2.24) is 9.80 Å². The lowest BCUT2D eigenvalue weighted by molar-refractivity contribution is -0.141. The molecule has 2 amide bonds. The molecular formula is C18H25FN2O2. The predicted molar refractivity (Wildman–Crippen MR) is 87.4 cm³/mol. The molecule has 0 aromatic heterocycles. The molecule has 1 saturated heterocycles. The summed E-state index contributed by atoms with van der Waals surface area (Å²) < 4.78 is 13.0. The van der Waals surface area contributed by atoms with Gasteiger partial charge in [0.05, 0.1) is 0 Å². The van der Waals surface area contributed by atoms with Crippen molar-refractivity contribution in [2.45, 2.75) is 33.1 Å². The summed E-state index contributed by atoms with van der Waals surface area (Å²) in [5.74, 6) is 0.0302. The van der Waals surface area contributed by atoms with Crippen molar-refractivity contribution >= 4 is 11.8 Å². The highest BCUT2D eigenvalue weighted by atomic mass is 19.1. The van der Waals surface area contributed by atoms with Crippen molar-refractivity contribution in [2.24, 2.45) is 5.92 Å². The van der Waals surface area contributed by atoms with Crippen LogP contribution in [0.1, 0.15) is 38.7 Å². The zero-order chi connectivity index (χ0) is 17.0. The van der Waals surface area contributed by atoms with Crippen LogP contribution >= 0.6 is 0 Å². The minimum Gasteiger partial charge on any atom is -0.339 e. The summed E-state index contributed by atoms with van der Waals surface area (Å²) >= 11 is 0. The van der Waals surface area contributed by atoms with Crippen molar-refractivity contribution in [2.75, 3.05) is 26.2 Å². The lowest BCUT2D eigenvalue weighted by Gasteiger charge is -2.36. The van der Waals surface area contributed by atoms with Gasteiger partial charge in [-0.2, -0.15) is 0 Å². The minimum absolute atomic E-state index is 0.00394. The monoisotopic (exact) mass is 320 g/mol. The fraction of sp³-hybridized carbons (Fsp3) is 0.556. The van der Waals surface area contributed by atoms with Gasteiger partial charge in [0.1, 0.15) is 5.82 Å². The molecule has 1 atom stereocenters. The van der Waals surface area contributed by atoms with E-state index in [0.717, 1.165) is 5.56 Å². The van der Waals surface area contributed by atoms with Crippen LogP contribution in [0.3, 0.4) is 0 Å². The maximum atomic E-state index is 13.0. The first-order valence-electron chi connectivity index (χ1n) is 8.20. The molecule has 1 heterocycles. The number of piperazine rings is 1. The van der Waals surface area contributed by atoms with Gasteiger partial charge in [-0.25, -0.2) is 4.39 Å². The van der Waals surface area contributed by atoms with Crippen molar-refractivity contribution in [3.63, 3.8) is 0 Å². The Kier molecular flexibility index (Phi) is 5.74. The van der Waals surface area contributed by atoms with Gasteiger partial charge in [-0.3, -0.25) is 9.59 Å². The molecule has 2 rings (SSSR count). The van der Waals surface area contributed by atoms with Gasteiger partial charge < -0.3 is 9.80 Å². The number of amides is 2. The normalized spacial score (nSPS) is 16.6. The number of hydrogen-bond acceptors (Lipinski definition) is 2. The second-order valence-electron chi connectivity index (χ2n) is 6.52. The molecule has 0 N–H and O–H groups in total. The lowest BCUT2D eigenvalue weighted by Crippen LogP contribution is -2.51. The summed E-state index contributed by atoms with van der Waals surface area (Å²) in [5, 5.41) is 0. The Hall–Kier alpha value is -1.91. The fourth-order valence-electron chi connectivity index (χ4n) is 2.84. The third kappa shape index (κ3) is 4.53. The van der Waals surface area contributed by atoms with Gasteiger partial charge in [-0.15, -0.1) is 0 Å². The zero-order valence-corrected chi connectivity index (χ0v) is 14.1. The Morgan fingerprint density at radius 2 is 1.52 bits per heavy atom. The molecule has 0 bridgehead atoms. The second-order valence-corrected chi connectivity index (χ2v) is 6.52. The Morgan fingerprint density at radius 3 is 2.04 bits per heavy atom. The van der Waals surface area contributed by atoms with Crippen LogP contribution in [0.2, 0.25) is 0 Å². The van der Waals surface area contributed by atoms with E-state index in [1.165, 1.54) is 12.1 Å². The van der Waals surface area contributed by atoms with E-state index < -0.39 is 0 Å². The Morgan fingerprint density at radius 1 is 1.00 bits per heavy atom. The topological polar surface area (TPSA) is 40.6 Å². The molecule has 126 valence electrons. The van der Waals surface area contributed by atoms with Crippen LogP contribution in [0.15, 0.2) is 24.3 Å². The van der Waals surface area contributed by atoms with Gasteiger partial charge in [-0.1, -0.05) is 32.9 Å². The van der Waals surface area contributed by atoms with Crippen molar-refractivity contribution in [1.29, 1.82) is 0 Å². The van der Waals surface area contributed by atoms with Crippen molar-refractivity contribution < 1.29 is 14.0 Å². The summed E-state index contributed by atoms with van der Waals surface area (Å²) in [6, 6.07) is 6.30. The number of hydrogen-bond donors (Lipinski definition) is 0. The van der Waals surface area contributed by atoms with E-state index in [1.54, 1.807) is 12.1 Å². The highest BCUT2D eigenvalue weighted by molar-refractivity contribution is 5.80. The van der Waals surface area contributed by atoms with Crippen LogP contribution in [-0.4, -0.2) is 47.8 Å². The lowest BCUT2D eigenvalue weighted by atomic mass is 9.97. The van der Waals surface area contributed by atoms with Crippen molar-refractivity contribution in [3.8, 4) is 0 Å². The van der Waals surface area contributed by atoms with E-state index >= 15 is 0 Å². The van der Waals surface area contributed by atoms with E-state index in [0.29, 0.717) is 32.6 Å². The molecule has 0 spiro atoms. The Bertz CT molecular complexity index is 549. The highest BCUT2D eigenvalue weighted by Gasteiger charge is 2.26. The van der Waals surface area contributed by atoms with Gasteiger partial charge in [0.2, 0.25) is 11.8 Å². The standard InChI is InChI=1S/C18H25FN2O2/c1-13(2)18(23)21-10-8-20(9-11-21)17(22)12-14(3)15-4-6-16(19)7-5-15/h4-7,13-14H,8-12H2,1-3H3. The third-order valence-corrected chi connectivity index (χ3v) is 4.36. The molecule has 5 heteroatoms. The largest absolute Gasteiger partial charge is 0.339 e. The zero-order valence-electron chi connectivity index (χ0n) is 14.1. The summed E-state index contributed by atoms with van der Waals surface area (Å²) in [6.07, 6.45) is 0.407. The van der Waals surface area contributed by atoms with Gasteiger partial charge in [-0.05, 0) is 23.6 Å². The number of benzene rings is 1. The van der Waals surface area contributed by atoms with Gasteiger partial charge in [0, 0.05) is 38.5 Å². The van der Waals surface area contributed by atoms with Crippen LogP contribution in [0.4, 0.5) is 4.39 Å². The van der Waals surface area contributed by atoms with E-state index in [4.69, 9.17) is 0 Å². The van der Waals surface area contributed by atoms with E-state index in [1.807, 2.05) is 30.6 Å². The average molecular weight is 320 g/mol. The average Bonchev–Trinajstić information content (AvgIpc) is 2.54. The quantitative estimate of drug-likeness (QED) is 0.856. The van der Waals surface area contributed by atoms with E-state index in [2.05, 4.69) is 0 Å². The number of carbonyl (C=O) groups is 2. The predicted octanol–water partition coefficient (Wildman–Crippen LogP) is 2.65. The van der Waals surface area contributed by atoms with E-state index in [9.17, 15) is 14.0 Å². The van der Waals surface area contributed by atoms with Crippen LogP contribution < -0.4 is 0 Å². The summed E-state index contributed by atoms with van der Waals surface area (Å²) in [4.78, 5) is 28.0. The summed E-state index contributed by atoms with van der Waals surface area (Å²) in [5.41, 5.74) is 0.966. The molecule has 4 nitrogen and oxygen atoms in total. The molecular weight excluding hydrogens is 295 g/mol. The fourth-order valence-corrected chi connectivity index (χ4v) is 2.84. The molecule has 0 radical (unpaired) electrons. The number of nitrogens with zero attached hydrogens (tertiary/aromatic N) is 2. The first kappa shape index (κ1) is 17.4. The van der Waals surface area contributed by atoms with Gasteiger partial charge in [0.15, 0.2) is 0 Å². The Labute approximate surface area is 137 Å². The smallest absolute Gasteiger partial charge is 0.225 e. The first-order chi connectivity index (χ1) is 10.9.